The molecule has 102 valence electrons. The third kappa shape index (κ3) is 3.86. The van der Waals surface area contributed by atoms with Crippen molar-refractivity contribution in [3.8, 4) is 0 Å². The van der Waals surface area contributed by atoms with Gasteiger partial charge in [-0.1, -0.05) is 38.3 Å². The van der Waals surface area contributed by atoms with Gasteiger partial charge in [0.15, 0.2) is 0 Å². The van der Waals surface area contributed by atoms with E-state index in [9.17, 15) is 8.42 Å². The van der Waals surface area contributed by atoms with Gasteiger partial charge in [0, 0.05) is 11.6 Å². The van der Waals surface area contributed by atoms with Gasteiger partial charge in [-0.15, -0.1) is 0 Å². The summed E-state index contributed by atoms with van der Waals surface area (Å²) in [4.78, 5) is 0.0426. The van der Waals surface area contributed by atoms with Gasteiger partial charge in [-0.05, 0) is 24.1 Å². The molecular weight excluding hydrogens is 272 g/mol. The largest absolute Gasteiger partial charge is 0.398 e. The smallest absolute Gasteiger partial charge is 0.242 e. The lowest BCUT2D eigenvalue weighted by Crippen LogP contribution is -2.29. The molecule has 0 atom stereocenters. The van der Waals surface area contributed by atoms with Crippen LogP contribution in [0.25, 0.3) is 0 Å². The van der Waals surface area contributed by atoms with Gasteiger partial charge in [0.2, 0.25) is 10.0 Å². The standard InChI is InChI=1S/C12H19ClN2O2S/c1-3-9(4-2)8-15-18(16,17)12-7-10(13)5-6-11(12)14/h5-7,9,15H,3-4,8,14H2,1-2H3. The number of benzene rings is 1. The van der Waals surface area contributed by atoms with Crippen molar-refractivity contribution in [1.82, 2.24) is 4.72 Å². The second-order valence-electron chi connectivity index (χ2n) is 4.22. The van der Waals surface area contributed by atoms with Crippen LogP contribution >= 0.6 is 11.6 Å². The van der Waals surface area contributed by atoms with Crippen molar-refractivity contribution in [2.75, 3.05) is 12.3 Å². The molecule has 0 saturated heterocycles. The van der Waals surface area contributed by atoms with Gasteiger partial charge in [0.25, 0.3) is 0 Å². The van der Waals surface area contributed by atoms with E-state index in [0.29, 0.717) is 17.5 Å². The van der Waals surface area contributed by atoms with Crippen molar-refractivity contribution in [1.29, 1.82) is 0 Å². The van der Waals surface area contributed by atoms with Gasteiger partial charge in [-0.3, -0.25) is 0 Å². The maximum atomic E-state index is 12.1. The van der Waals surface area contributed by atoms with Crippen LogP contribution in [-0.4, -0.2) is 15.0 Å². The molecule has 1 aromatic carbocycles. The first-order valence-electron chi connectivity index (χ1n) is 5.95. The van der Waals surface area contributed by atoms with Crippen molar-refractivity contribution in [2.24, 2.45) is 5.92 Å². The summed E-state index contributed by atoms with van der Waals surface area (Å²) in [6.45, 7) is 4.49. The van der Waals surface area contributed by atoms with Crippen LogP contribution in [-0.2, 0) is 10.0 Å². The highest BCUT2D eigenvalue weighted by Crippen LogP contribution is 2.22. The molecule has 0 heterocycles. The van der Waals surface area contributed by atoms with Crippen LogP contribution in [0.3, 0.4) is 0 Å². The summed E-state index contributed by atoms with van der Waals surface area (Å²) in [5, 5.41) is 0.354. The monoisotopic (exact) mass is 290 g/mol. The fraction of sp³-hybridized carbons (Fsp3) is 0.500. The Morgan fingerprint density at radius 1 is 1.33 bits per heavy atom. The number of nitrogen functional groups attached to an aromatic ring is 1. The van der Waals surface area contributed by atoms with Crippen molar-refractivity contribution >= 4 is 27.3 Å². The van der Waals surface area contributed by atoms with E-state index in [0.717, 1.165) is 12.8 Å². The Hall–Kier alpha value is -0.780. The first-order valence-corrected chi connectivity index (χ1v) is 7.81. The highest BCUT2D eigenvalue weighted by atomic mass is 35.5. The highest BCUT2D eigenvalue weighted by Gasteiger charge is 2.18. The molecule has 0 unspecified atom stereocenters. The second-order valence-corrected chi connectivity index (χ2v) is 6.39. The molecule has 0 radical (unpaired) electrons. The van der Waals surface area contributed by atoms with E-state index in [2.05, 4.69) is 4.72 Å². The fourth-order valence-corrected chi connectivity index (χ4v) is 3.13. The van der Waals surface area contributed by atoms with Gasteiger partial charge >= 0.3 is 0 Å². The van der Waals surface area contributed by atoms with Crippen LogP contribution in [0.15, 0.2) is 23.1 Å². The summed E-state index contributed by atoms with van der Waals surface area (Å²) in [5.74, 6) is 0.334. The Balaban J connectivity index is 2.89. The van der Waals surface area contributed by atoms with Crippen LogP contribution < -0.4 is 10.5 Å². The predicted octanol–water partition coefficient (Wildman–Crippen LogP) is 2.64. The molecule has 0 aromatic heterocycles. The topological polar surface area (TPSA) is 72.2 Å². The zero-order valence-corrected chi connectivity index (χ0v) is 12.2. The van der Waals surface area contributed by atoms with E-state index in [1.165, 1.54) is 12.1 Å². The molecular formula is C12H19ClN2O2S. The maximum absolute atomic E-state index is 12.1. The Kier molecular flexibility index (Phi) is 5.44. The van der Waals surface area contributed by atoms with E-state index in [-0.39, 0.29) is 10.6 Å². The van der Waals surface area contributed by atoms with E-state index >= 15 is 0 Å². The molecule has 3 N–H and O–H groups in total. The van der Waals surface area contributed by atoms with Crippen molar-refractivity contribution < 1.29 is 8.42 Å². The van der Waals surface area contributed by atoms with Gasteiger partial charge in [-0.25, -0.2) is 13.1 Å². The summed E-state index contributed by atoms with van der Waals surface area (Å²) in [6, 6.07) is 4.43. The fourth-order valence-electron chi connectivity index (χ4n) is 1.62. The van der Waals surface area contributed by atoms with Crippen molar-refractivity contribution in [2.45, 2.75) is 31.6 Å². The number of hydrogen-bond donors (Lipinski definition) is 2. The summed E-state index contributed by atoms with van der Waals surface area (Å²) in [5.41, 5.74) is 5.87. The Morgan fingerprint density at radius 3 is 2.50 bits per heavy atom. The predicted molar refractivity (Wildman–Crippen MR) is 75.1 cm³/mol. The van der Waals surface area contributed by atoms with Crippen LogP contribution in [0.1, 0.15) is 26.7 Å². The maximum Gasteiger partial charge on any atom is 0.242 e. The molecule has 0 spiro atoms. The SMILES string of the molecule is CCC(CC)CNS(=O)(=O)c1cc(Cl)ccc1N. The normalized spacial score (nSPS) is 12.0. The molecule has 4 nitrogen and oxygen atoms in total. The summed E-state index contributed by atoms with van der Waals surface area (Å²) >= 11 is 5.79. The summed E-state index contributed by atoms with van der Waals surface area (Å²) < 4.78 is 26.8. The minimum absolute atomic E-state index is 0.0426. The Labute approximate surface area is 114 Å². The van der Waals surface area contributed by atoms with Crippen molar-refractivity contribution in [3.63, 3.8) is 0 Å². The number of rotatable bonds is 6. The number of halogens is 1. The van der Waals surface area contributed by atoms with E-state index in [1.807, 2.05) is 13.8 Å². The molecule has 0 bridgehead atoms. The first kappa shape index (κ1) is 15.3. The van der Waals surface area contributed by atoms with E-state index in [1.54, 1.807) is 6.07 Å². The third-order valence-electron chi connectivity index (χ3n) is 2.98. The lowest BCUT2D eigenvalue weighted by molar-refractivity contribution is 0.479. The quantitative estimate of drug-likeness (QED) is 0.791. The van der Waals surface area contributed by atoms with Crippen LogP contribution in [0.5, 0.6) is 0 Å². The molecule has 0 amide bonds. The minimum Gasteiger partial charge on any atom is -0.398 e. The lowest BCUT2D eigenvalue weighted by atomic mass is 10.0. The molecule has 1 aromatic rings. The molecule has 0 saturated carbocycles. The molecule has 1 rings (SSSR count). The molecule has 6 heteroatoms. The lowest BCUT2D eigenvalue weighted by Gasteiger charge is -2.14. The zero-order valence-electron chi connectivity index (χ0n) is 10.6. The van der Waals surface area contributed by atoms with E-state index < -0.39 is 10.0 Å². The number of hydrogen-bond acceptors (Lipinski definition) is 3. The summed E-state index contributed by atoms with van der Waals surface area (Å²) in [6.07, 6.45) is 1.87. The average molecular weight is 291 g/mol. The van der Waals surface area contributed by atoms with Gasteiger partial charge in [0.05, 0.1) is 5.69 Å². The Bertz CT molecular complexity index is 499. The summed E-state index contributed by atoms with van der Waals surface area (Å²) in [7, 11) is -3.59. The Morgan fingerprint density at radius 2 is 1.94 bits per heavy atom. The molecule has 0 fully saturated rings. The minimum atomic E-state index is -3.59. The first-order chi connectivity index (χ1) is 8.40. The number of anilines is 1. The number of nitrogens with two attached hydrogens (primary N) is 1. The van der Waals surface area contributed by atoms with Gasteiger partial charge in [-0.2, -0.15) is 0 Å². The molecule has 0 aliphatic heterocycles. The van der Waals surface area contributed by atoms with Gasteiger partial charge < -0.3 is 5.73 Å². The number of nitrogens with one attached hydrogen (secondary N) is 1. The van der Waals surface area contributed by atoms with E-state index in [4.69, 9.17) is 17.3 Å². The van der Waals surface area contributed by atoms with Crippen LogP contribution in [0.4, 0.5) is 5.69 Å². The van der Waals surface area contributed by atoms with Crippen molar-refractivity contribution in [3.05, 3.63) is 23.2 Å². The molecule has 0 aliphatic carbocycles. The zero-order chi connectivity index (χ0) is 13.8. The van der Waals surface area contributed by atoms with Crippen LogP contribution in [0, 0.1) is 5.92 Å². The molecule has 0 aliphatic rings. The number of sulfonamides is 1. The molecule has 18 heavy (non-hydrogen) atoms. The third-order valence-corrected chi connectivity index (χ3v) is 4.70. The second kappa shape index (κ2) is 6.41. The van der Waals surface area contributed by atoms with Gasteiger partial charge in [0.1, 0.15) is 4.90 Å². The highest BCUT2D eigenvalue weighted by molar-refractivity contribution is 7.89. The van der Waals surface area contributed by atoms with Crippen LogP contribution in [0.2, 0.25) is 5.02 Å². The average Bonchev–Trinajstić information content (AvgIpc) is 2.33.